The summed E-state index contributed by atoms with van der Waals surface area (Å²) in [4.78, 5) is 75.4. The quantitative estimate of drug-likeness (QED) is 0.247. The van der Waals surface area contributed by atoms with Crippen LogP contribution in [0.25, 0.3) is 0 Å². The second kappa shape index (κ2) is 27.8. The van der Waals surface area contributed by atoms with Gasteiger partial charge in [-0.2, -0.15) is 0 Å². The van der Waals surface area contributed by atoms with Crippen LogP contribution in [0, 0.1) is 17.8 Å². The van der Waals surface area contributed by atoms with Gasteiger partial charge in [-0.05, 0) is 168 Å². The van der Waals surface area contributed by atoms with Crippen molar-refractivity contribution < 1.29 is 57.9 Å². The molecule has 362 valence electrons. The van der Waals surface area contributed by atoms with Crippen LogP contribution in [0.1, 0.15) is 168 Å². The number of hydrogen-bond acceptors (Lipinski definition) is 11. The average Bonchev–Trinajstić information content (AvgIpc) is 3.91. The number of carbonyl (C=O) groups excluding carboxylic acids is 6. The number of piperidine rings is 3. The van der Waals surface area contributed by atoms with E-state index in [0.29, 0.717) is 19.6 Å². The Morgan fingerprint density at radius 3 is 0.774 bits per heavy atom. The van der Waals surface area contributed by atoms with E-state index in [0.717, 1.165) is 65.0 Å². The fourth-order valence-electron chi connectivity index (χ4n) is 7.81. The molecule has 5 fully saturated rings. The normalized spacial score (nSPS) is 24.9. The van der Waals surface area contributed by atoms with Gasteiger partial charge in [0.2, 0.25) is 0 Å². The molecule has 0 aromatic rings. The summed E-state index contributed by atoms with van der Waals surface area (Å²) in [5.74, 6) is 0.339. The first-order valence-corrected chi connectivity index (χ1v) is 22.8. The van der Waals surface area contributed by atoms with Crippen molar-refractivity contribution in [1.82, 2.24) is 14.7 Å². The number of ether oxygens (including phenoxy) is 5. The Labute approximate surface area is 374 Å². The van der Waals surface area contributed by atoms with Crippen LogP contribution in [0.3, 0.4) is 0 Å². The molecule has 0 aromatic carbocycles. The molecule has 5 saturated heterocycles. The topological polar surface area (TPSA) is 190 Å². The van der Waals surface area contributed by atoms with Crippen LogP contribution in [0.5, 0.6) is 0 Å². The van der Waals surface area contributed by atoms with E-state index in [-0.39, 0.29) is 77.0 Å². The summed E-state index contributed by atoms with van der Waals surface area (Å²) in [5.41, 5.74) is -1.46. The Morgan fingerprint density at radius 1 is 0.419 bits per heavy atom. The highest BCUT2D eigenvalue weighted by Gasteiger charge is 2.38. The smallest absolute Gasteiger partial charge is 0.410 e. The van der Waals surface area contributed by atoms with Gasteiger partial charge in [0.25, 0.3) is 0 Å². The first-order valence-electron chi connectivity index (χ1n) is 22.8. The van der Waals surface area contributed by atoms with Gasteiger partial charge in [0.05, 0.1) is 0 Å². The molecule has 5 rings (SSSR count). The first-order chi connectivity index (χ1) is 28.2. The Bertz CT molecular complexity index is 1200. The lowest BCUT2D eigenvalue weighted by Crippen LogP contribution is -2.50. The Hall–Kier alpha value is -3.30. The van der Waals surface area contributed by atoms with E-state index in [2.05, 4.69) is 0 Å². The number of amides is 3. The number of nitrogens with zero attached hydrogens (tertiary/aromatic N) is 3. The van der Waals surface area contributed by atoms with Crippen molar-refractivity contribution in [2.24, 2.45) is 17.8 Å². The van der Waals surface area contributed by atoms with E-state index < -0.39 is 16.8 Å². The van der Waals surface area contributed by atoms with Crippen LogP contribution >= 0.6 is 0 Å². The Morgan fingerprint density at radius 2 is 0.629 bits per heavy atom. The Balaban J connectivity index is 0.000000798. The second-order valence-electron chi connectivity index (χ2n) is 20.0. The third-order valence-corrected chi connectivity index (χ3v) is 11.1. The molecular formula is C47H87N3O12. The summed E-state index contributed by atoms with van der Waals surface area (Å²) in [6.45, 7) is 33.3. The van der Waals surface area contributed by atoms with Gasteiger partial charge in [0.1, 0.15) is 34.2 Å². The minimum Gasteiger partial charge on any atom is -0.444 e. The fourth-order valence-corrected chi connectivity index (χ4v) is 7.81. The van der Waals surface area contributed by atoms with Crippen LogP contribution in [0.4, 0.5) is 14.4 Å². The van der Waals surface area contributed by atoms with E-state index in [1.54, 1.807) is 35.5 Å². The zero-order chi connectivity index (χ0) is 46.7. The van der Waals surface area contributed by atoms with Crippen LogP contribution in [0.15, 0.2) is 0 Å². The van der Waals surface area contributed by atoms with Gasteiger partial charge in [0.15, 0.2) is 0 Å². The van der Waals surface area contributed by atoms with Gasteiger partial charge in [-0.1, -0.05) is 0 Å². The van der Waals surface area contributed by atoms with Gasteiger partial charge < -0.3 is 43.9 Å². The van der Waals surface area contributed by atoms with Gasteiger partial charge in [0, 0.05) is 81.9 Å². The highest BCUT2D eigenvalue weighted by atomic mass is 16.6. The molecule has 0 radical (unpaired) electrons. The minimum absolute atomic E-state index is 0. The molecule has 3 unspecified atom stereocenters. The van der Waals surface area contributed by atoms with E-state index >= 15 is 0 Å². The van der Waals surface area contributed by atoms with Gasteiger partial charge in [-0.3, -0.25) is 14.4 Å². The first kappa shape index (κ1) is 58.7. The van der Waals surface area contributed by atoms with Crippen LogP contribution in [-0.2, 0) is 38.1 Å². The summed E-state index contributed by atoms with van der Waals surface area (Å²) in [6.07, 6.45) is 9.40. The van der Waals surface area contributed by atoms with Gasteiger partial charge in [-0.15, -0.1) is 0 Å². The lowest BCUT2D eigenvalue weighted by atomic mass is 9.87. The van der Waals surface area contributed by atoms with E-state index in [1.165, 1.54) is 25.7 Å². The number of carbonyl (C=O) groups is 6. The largest absolute Gasteiger partial charge is 0.444 e. The lowest BCUT2D eigenvalue weighted by Gasteiger charge is -2.38. The third kappa shape index (κ3) is 22.9. The highest BCUT2D eigenvalue weighted by molar-refractivity contribution is 5.81. The molecule has 0 spiro atoms. The molecule has 5 heterocycles. The molecule has 5 aliphatic heterocycles. The molecule has 6 atom stereocenters. The van der Waals surface area contributed by atoms with Crippen molar-refractivity contribution in [2.45, 2.75) is 203 Å². The maximum absolute atomic E-state index is 12.0. The molecule has 62 heavy (non-hydrogen) atoms. The van der Waals surface area contributed by atoms with Crippen molar-refractivity contribution in [1.29, 1.82) is 0 Å². The molecule has 0 saturated carbocycles. The van der Waals surface area contributed by atoms with Gasteiger partial charge in [-0.25, -0.2) is 14.4 Å². The maximum atomic E-state index is 12.0. The maximum Gasteiger partial charge on any atom is 0.410 e. The van der Waals surface area contributed by atoms with Crippen LogP contribution in [0.2, 0.25) is 0 Å². The predicted molar refractivity (Wildman–Crippen MR) is 241 cm³/mol. The molecule has 15 nitrogen and oxygen atoms in total. The summed E-state index contributed by atoms with van der Waals surface area (Å²) in [7, 11) is 0. The van der Waals surface area contributed by atoms with E-state index in [4.69, 9.17) is 23.7 Å². The van der Waals surface area contributed by atoms with Crippen molar-refractivity contribution in [2.75, 3.05) is 46.1 Å². The van der Waals surface area contributed by atoms with Gasteiger partial charge >= 0.3 is 18.3 Å². The van der Waals surface area contributed by atoms with E-state index in [9.17, 15) is 28.8 Å². The highest BCUT2D eigenvalue weighted by Crippen LogP contribution is 2.28. The van der Waals surface area contributed by atoms with Crippen LogP contribution < -0.4 is 0 Å². The molecule has 2 N–H and O–H groups in total. The number of ketones is 3. The third-order valence-electron chi connectivity index (χ3n) is 11.1. The summed E-state index contributed by atoms with van der Waals surface area (Å²) < 4.78 is 25.9. The molecule has 0 aliphatic carbocycles. The number of hydrogen-bond donors (Lipinski definition) is 0. The standard InChI is InChI=1S/3C13H23NO3.2C4H8O.H2O/c3*1-9-11(10(2)15)7-6-8-14(9)12(16)17-13(3,4)5;2*1-2-4-5-3-1;/h3*9,11H,6-8H2,1-5H3;2*1-4H2;1H2/t9-,11?;9-,11+;;;;/m01..../s1. The number of likely N-dealkylation sites (tertiary alicyclic amines) is 3. The van der Waals surface area contributed by atoms with Crippen molar-refractivity contribution >= 4 is 35.6 Å². The molecule has 0 aromatic heterocycles. The molecule has 5 aliphatic rings. The molecule has 15 heteroatoms. The number of rotatable bonds is 3. The van der Waals surface area contributed by atoms with Crippen molar-refractivity contribution in [3.63, 3.8) is 0 Å². The SMILES string of the molecule is C1CCOC1.C1CCOC1.CC(=O)C1CCCN(C(=O)OC(C)(C)C)C1C.CC(=O)C1CCCN(C(=O)OC(C)(C)C)[C@H]1C.CC(=O)[C@H]1CCCN(C(=O)OC(C)(C)C)[C@@H]1C.O. The van der Waals surface area contributed by atoms with Crippen molar-refractivity contribution in [3.05, 3.63) is 0 Å². The second-order valence-corrected chi connectivity index (χ2v) is 20.0. The van der Waals surface area contributed by atoms with Crippen LogP contribution in [-0.4, -0.2) is 137 Å². The van der Waals surface area contributed by atoms with Crippen molar-refractivity contribution in [3.8, 4) is 0 Å². The summed E-state index contributed by atoms with van der Waals surface area (Å²) in [6, 6.07) is -0.178. The predicted octanol–water partition coefficient (Wildman–Crippen LogP) is 8.60. The summed E-state index contributed by atoms with van der Waals surface area (Å²) >= 11 is 0. The summed E-state index contributed by atoms with van der Waals surface area (Å²) in [5, 5.41) is 0. The zero-order valence-corrected chi connectivity index (χ0v) is 41.3. The molecule has 3 amide bonds. The molecule has 0 bridgehead atoms. The monoisotopic (exact) mass is 886 g/mol. The Kier molecular flexibility index (Phi) is 26.3. The molecular weight excluding hydrogens is 799 g/mol. The fraction of sp³-hybridized carbons (Fsp3) is 0.872. The average molecular weight is 886 g/mol. The minimum atomic E-state index is -0.486. The van der Waals surface area contributed by atoms with E-state index in [1.807, 2.05) is 83.1 Å². The zero-order valence-electron chi connectivity index (χ0n) is 41.3. The lowest BCUT2D eigenvalue weighted by molar-refractivity contribution is -0.124. The number of Topliss-reactive ketones (excluding diaryl/α,β-unsaturated/α-hetero) is 3.